The number of hydrogen-bond acceptors (Lipinski definition) is 4. The lowest BCUT2D eigenvalue weighted by atomic mass is 9.64. The Kier molecular flexibility index (Phi) is 4.98. The average molecular weight is 445 g/mol. The number of benzene rings is 4. The molecule has 0 amide bonds. The topological polar surface area (TPSA) is 58.2 Å². The Labute approximate surface area is 198 Å². The summed E-state index contributed by atoms with van der Waals surface area (Å²) < 4.78 is 0. The second kappa shape index (κ2) is 8.17. The van der Waals surface area contributed by atoms with Crippen molar-refractivity contribution in [3.63, 3.8) is 0 Å². The first-order valence-corrected chi connectivity index (χ1v) is 11.6. The minimum atomic E-state index is -1.35. The average Bonchev–Trinajstić information content (AvgIpc) is 3.13. The molecule has 1 aliphatic carbocycles. The van der Waals surface area contributed by atoms with Gasteiger partial charge < -0.3 is 0 Å². The van der Waals surface area contributed by atoms with Gasteiger partial charge in [-0.15, -0.1) is 0 Å². The van der Waals surface area contributed by atoms with Crippen LogP contribution in [0.5, 0.6) is 0 Å². The van der Waals surface area contributed by atoms with E-state index in [9.17, 15) is 9.59 Å². The van der Waals surface area contributed by atoms with Crippen molar-refractivity contribution in [2.45, 2.75) is 18.2 Å². The van der Waals surface area contributed by atoms with Crippen molar-refractivity contribution in [3.05, 3.63) is 143 Å². The first kappa shape index (κ1) is 20.7. The van der Waals surface area contributed by atoms with E-state index in [-0.39, 0.29) is 17.7 Å². The molecule has 4 aromatic rings. The summed E-state index contributed by atoms with van der Waals surface area (Å²) >= 11 is 0. The van der Waals surface area contributed by atoms with Crippen LogP contribution < -0.4 is 10.6 Å². The monoisotopic (exact) mass is 444 g/mol. The van der Waals surface area contributed by atoms with Crippen LogP contribution in [0.25, 0.3) is 0 Å². The van der Waals surface area contributed by atoms with Crippen LogP contribution >= 0.6 is 0 Å². The van der Waals surface area contributed by atoms with Gasteiger partial charge in [0.2, 0.25) is 0 Å². The first-order valence-electron chi connectivity index (χ1n) is 11.6. The van der Waals surface area contributed by atoms with E-state index in [1.165, 1.54) is 0 Å². The molecular formula is C30H24N2O2. The molecule has 1 aliphatic heterocycles. The summed E-state index contributed by atoms with van der Waals surface area (Å²) in [6.45, 7) is 0. The second-order valence-corrected chi connectivity index (χ2v) is 8.94. The van der Waals surface area contributed by atoms with Gasteiger partial charge in [-0.05, 0) is 16.7 Å². The van der Waals surface area contributed by atoms with Gasteiger partial charge in [0.1, 0.15) is 5.41 Å². The fraction of sp³-hybridized carbons (Fsp3) is 0.133. The molecular weight excluding hydrogens is 420 g/mol. The van der Waals surface area contributed by atoms with Crippen molar-refractivity contribution in [3.8, 4) is 0 Å². The van der Waals surface area contributed by atoms with E-state index < -0.39 is 17.5 Å². The van der Waals surface area contributed by atoms with Crippen molar-refractivity contribution in [1.29, 1.82) is 0 Å². The third-order valence-electron chi connectivity index (χ3n) is 7.14. The molecule has 0 bridgehead atoms. The quantitative estimate of drug-likeness (QED) is 0.414. The van der Waals surface area contributed by atoms with Crippen molar-refractivity contribution >= 4 is 11.6 Å². The van der Waals surface area contributed by atoms with Crippen LogP contribution in [0.2, 0.25) is 0 Å². The van der Waals surface area contributed by atoms with E-state index in [4.69, 9.17) is 0 Å². The van der Waals surface area contributed by atoms with Crippen molar-refractivity contribution in [2.75, 3.05) is 0 Å². The molecule has 1 heterocycles. The van der Waals surface area contributed by atoms with Gasteiger partial charge in [0.15, 0.2) is 11.6 Å². The number of hydrogen-bond donors (Lipinski definition) is 2. The van der Waals surface area contributed by atoms with E-state index >= 15 is 0 Å². The Morgan fingerprint density at radius 2 is 0.824 bits per heavy atom. The summed E-state index contributed by atoms with van der Waals surface area (Å²) in [5.74, 6) is -0.273. The Hall–Kier alpha value is -3.86. The standard InChI is InChI=1S/C30H24N2O2/c33-27-23-18-10-11-19-24(23)28(34)30(27)25(20-12-4-1-5-13-20)31-29(22-16-8-3-9-17-22)32-26(30)21-14-6-2-7-15-21/h1-19,25-26,29,31-32H. The van der Waals surface area contributed by atoms with Gasteiger partial charge in [-0.2, -0.15) is 0 Å². The Morgan fingerprint density at radius 1 is 0.471 bits per heavy atom. The van der Waals surface area contributed by atoms with Crippen LogP contribution in [-0.2, 0) is 0 Å². The summed E-state index contributed by atoms with van der Waals surface area (Å²) in [5.41, 5.74) is 2.53. The van der Waals surface area contributed by atoms with Crippen LogP contribution in [0.3, 0.4) is 0 Å². The number of Topliss-reactive ketones (excluding diaryl/α,β-unsaturated/α-hetero) is 2. The van der Waals surface area contributed by atoms with Crippen molar-refractivity contribution < 1.29 is 9.59 Å². The summed E-state index contributed by atoms with van der Waals surface area (Å²) in [6.07, 6.45) is -0.244. The molecule has 0 aromatic heterocycles. The summed E-state index contributed by atoms with van der Waals surface area (Å²) in [7, 11) is 0. The first-order chi connectivity index (χ1) is 16.7. The molecule has 4 aromatic carbocycles. The number of ketones is 2. The SMILES string of the molecule is O=C1c2ccccc2C(=O)C12C(c1ccccc1)NC(c1ccccc1)NC2c1ccccc1. The molecule has 2 unspecified atom stereocenters. The van der Waals surface area contributed by atoms with E-state index in [2.05, 4.69) is 22.8 Å². The number of nitrogens with one attached hydrogen (secondary N) is 2. The fourth-order valence-electron chi connectivity index (χ4n) is 5.61. The normalized spacial score (nSPS) is 23.1. The highest BCUT2D eigenvalue weighted by Crippen LogP contribution is 2.56. The van der Waals surface area contributed by atoms with Gasteiger partial charge in [-0.3, -0.25) is 20.2 Å². The van der Waals surface area contributed by atoms with E-state index in [1.54, 1.807) is 12.1 Å². The van der Waals surface area contributed by atoms with Crippen LogP contribution in [0.15, 0.2) is 115 Å². The molecule has 6 rings (SSSR count). The lowest BCUT2D eigenvalue weighted by molar-refractivity contribution is 0.0365. The highest BCUT2D eigenvalue weighted by molar-refractivity contribution is 6.30. The number of rotatable bonds is 3. The van der Waals surface area contributed by atoms with E-state index in [0.29, 0.717) is 11.1 Å². The zero-order chi connectivity index (χ0) is 23.1. The maximum atomic E-state index is 14.3. The molecule has 0 radical (unpaired) electrons. The summed E-state index contributed by atoms with van der Waals surface area (Å²) in [4.78, 5) is 28.6. The maximum Gasteiger partial charge on any atom is 0.181 e. The third-order valence-corrected chi connectivity index (χ3v) is 7.14. The lowest BCUT2D eigenvalue weighted by Crippen LogP contribution is -2.61. The van der Waals surface area contributed by atoms with Gasteiger partial charge in [0.25, 0.3) is 0 Å². The molecule has 34 heavy (non-hydrogen) atoms. The van der Waals surface area contributed by atoms with E-state index in [1.807, 2.05) is 91.0 Å². The molecule has 2 N–H and O–H groups in total. The molecule has 4 heteroatoms. The molecule has 166 valence electrons. The largest absolute Gasteiger partial charge is 0.293 e. The smallest absolute Gasteiger partial charge is 0.181 e. The van der Waals surface area contributed by atoms with Crippen molar-refractivity contribution in [2.24, 2.45) is 5.41 Å². The highest BCUT2D eigenvalue weighted by Gasteiger charge is 2.64. The summed E-state index contributed by atoms with van der Waals surface area (Å²) in [5, 5.41) is 7.32. The zero-order valence-electron chi connectivity index (χ0n) is 18.5. The maximum absolute atomic E-state index is 14.3. The van der Waals surface area contributed by atoms with E-state index in [0.717, 1.165) is 16.7 Å². The minimum absolute atomic E-state index is 0.137. The third kappa shape index (κ3) is 3.00. The van der Waals surface area contributed by atoms with Crippen molar-refractivity contribution in [1.82, 2.24) is 10.6 Å². The lowest BCUT2D eigenvalue weighted by Gasteiger charge is -2.49. The predicted molar refractivity (Wildman–Crippen MR) is 131 cm³/mol. The van der Waals surface area contributed by atoms with Gasteiger partial charge in [-0.25, -0.2) is 0 Å². The molecule has 1 fully saturated rings. The molecule has 2 atom stereocenters. The number of carbonyl (C=O) groups excluding carboxylic acids is 2. The van der Waals surface area contributed by atoms with Gasteiger partial charge in [-0.1, -0.05) is 115 Å². The highest BCUT2D eigenvalue weighted by atomic mass is 16.2. The van der Waals surface area contributed by atoms with Crippen LogP contribution in [-0.4, -0.2) is 11.6 Å². The molecule has 0 saturated carbocycles. The fourth-order valence-corrected chi connectivity index (χ4v) is 5.61. The van der Waals surface area contributed by atoms with Crippen LogP contribution in [0.1, 0.15) is 55.7 Å². The van der Waals surface area contributed by atoms with Gasteiger partial charge in [0, 0.05) is 11.1 Å². The van der Waals surface area contributed by atoms with Gasteiger partial charge >= 0.3 is 0 Å². The van der Waals surface area contributed by atoms with Gasteiger partial charge in [0.05, 0.1) is 18.2 Å². The molecule has 1 saturated heterocycles. The Bertz CT molecular complexity index is 1270. The number of fused-ring (bicyclic) bond motifs is 1. The van der Waals surface area contributed by atoms with Crippen LogP contribution in [0, 0.1) is 5.41 Å². The zero-order valence-corrected chi connectivity index (χ0v) is 18.5. The Balaban J connectivity index is 1.61. The summed E-state index contributed by atoms with van der Waals surface area (Å²) in [6, 6.07) is 36.0. The molecule has 4 nitrogen and oxygen atoms in total. The predicted octanol–water partition coefficient (Wildman–Crippen LogP) is 5.43. The molecule has 2 aliphatic rings. The molecule has 1 spiro atoms. The minimum Gasteiger partial charge on any atom is -0.293 e. The number of carbonyl (C=O) groups is 2. The second-order valence-electron chi connectivity index (χ2n) is 8.94. The Morgan fingerprint density at radius 3 is 1.24 bits per heavy atom. The van der Waals surface area contributed by atoms with Crippen LogP contribution in [0.4, 0.5) is 0 Å².